The maximum absolute atomic E-state index is 12.0. The number of aliphatic hydroxyl groups excluding tert-OH is 1. The number of hydrogen-bond donors (Lipinski definition) is 3. The van der Waals surface area contributed by atoms with E-state index in [1.165, 1.54) is 0 Å². The number of hydrogen-bond acceptors (Lipinski definition) is 4. The molecule has 0 saturated heterocycles. The molecule has 2 aromatic rings. The molecule has 0 spiro atoms. The Morgan fingerprint density at radius 1 is 1.48 bits per heavy atom. The Bertz CT molecular complexity index is 652. The number of aliphatic hydroxyl groups is 1. The SMILES string of the molecule is CC(CO)(NC(=O)NCc1ccnc2ccnn12)C1CC1. The van der Waals surface area contributed by atoms with E-state index in [1.54, 1.807) is 23.0 Å². The number of urea groups is 1. The van der Waals surface area contributed by atoms with E-state index in [9.17, 15) is 9.90 Å². The van der Waals surface area contributed by atoms with Gasteiger partial charge in [-0.25, -0.2) is 14.3 Å². The minimum atomic E-state index is -0.538. The van der Waals surface area contributed by atoms with Crippen molar-refractivity contribution in [2.24, 2.45) is 5.92 Å². The van der Waals surface area contributed by atoms with E-state index in [4.69, 9.17) is 0 Å². The van der Waals surface area contributed by atoms with Crippen LogP contribution in [0.5, 0.6) is 0 Å². The quantitative estimate of drug-likeness (QED) is 0.755. The first kappa shape index (κ1) is 13.8. The largest absolute Gasteiger partial charge is 0.394 e. The lowest BCUT2D eigenvalue weighted by Gasteiger charge is -2.28. The molecule has 112 valence electrons. The highest BCUT2D eigenvalue weighted by molar-refractivity contribution is 5.74. The van der Waals surface area contributed by atoms with E-state index in [0.29, 0.717) is 12.5 Å². The Kier molecular flexibility index (Phi) is 3.50. The number of rotatable bonds is 5. The van der Waals surface area contributed by atoms with E-state index in [0.717, 1.165) is 24.2 Å². The van der Waals surface area contributed by atoms with Crippen LogP contribution in [0.2, 0.25) is 0 Å². The molecule has 1 fully saturated rings. The zero-order chi connectivity index (χ0) is 14.9. The molecule has 1 atom stereocenters. The number of carbonyl (C=O) groups excluding carboxylic acids is 1. The lowest BCUT2D eigenvalue weighted by atomic mass is 9.97. The summed E-state index contributed by atoms with van der Waals surface area (Å²) in [6.45, 7) is 2.17. The number of carbonyl (C=O) groups is 1. The number of nitrogens with zero attached hydrogens (tertiary/aromatic N) is 3. The number of amides is 2. The van der Waals surface area contributed by atoms with E-state index in [1.807, 2.05) is 13.0 Å². The maximum Gasteiger partial charge on any atom is 0.315 e. The van der Waals surface area contributed by atoms with Gasteiger partial charge in [0, 0.05) is 12.3 Å². The van der Waals surface area contributed by atoms with Gasteiger partial charge in [0.1, 0.15) is 0 Å². The van der Waals surface area contributed by atoms with Crippen LogP contribution >= 0.6 is 0 Å². The molecule has 2 amide bonds. The summed E-state index contributed by atoms with van der Waals surface area (Å²) in [6.07, 6.45) is 5.46. The Morgan fingerprint density at radius 2 is 2.29 bits per heavy atom. The fraction of sp³-hybridized carbons (Fsp3) is 0.500. The number of nitrogens with one attached hydrogen (secondary N) is 2. The summed E-state index contributed by atoms with van der Waals surface area (Å²) in [6, 6.07) is 3.34. The highest BCUT2D eigenvalue weighted by Crippen LogP contribution is 2.39. The molecule has 21 heavy (non-hydrogen) atoms. The lowest BCUT2D eigenvalue weighted by Crippen LogP contribution is -2.54. The molecular weight excluding hydrogens is 270 g/mol. The number of aromatic nitrogens is 3. The van der Waals surface area contributed by atoms with Crippen LogP contribution in [-0.2, 0) is 6.54 Å². The third kappa shape index (κ3) is 2.82. The van der Waals surface area contributed by atoms with Crippen molar-refractivity contribution in [3.63, 3.8) is 0 Å². The van der Waals surface area contributed by atoms with Crippen LogP contribution in [0.25, 0.3) is 5.65 Å². The second kappa shape index (κ2) is 5.33. The van der Waals surface area contributed by atoms with E-state index in [-0.39, 0.29) is 12.6 Å². The molecule has 1 saturated carbocycles. The Labute approximate surface area is 122 Å². The average Bonchev–Trinajstić information content (AvgIpc) is 3.23. The second-order valence-corrected chi connectivity index (χ2v) is 5.69. The molecule has 0 aliphatic heterocycles. The standard InChI is InChI=1S/C14H19N5O2/c1-14(9-20,10-2-3-10)18-13(21)16-8-11-4-6-15-12-5-7-17-19(11)12/h4-7,10,20H,2-3,8-9H2,1H3,(H2,16,18,21). The summed E-state index contributed by atoms with van der Waals surface area (Å²) in [5, 5.41) is 19.3. The van der Waals surface area contributed by atoms with Crippen LogP contribution in [-0.4, -0.2) is 37.9 Å². The summed E-state index contributed by atoms with van der Waals surface area (Å²) < 4.78 is 1.69. The van der Waals surface area contributed by atoms with Crippen LogP contribution in [0.3, 0.4) is 0 Å². The first-order valence-corrected chi connectivity index (χ1v) is 7.07. The first-order valence-electron chi connectivity index (χ1n) is 7.07. The lowest BCUT2D eigenvalue weighted by molar-refractivity contribution is 0.155. The first-order chi connectivity index (χ1) is 10.1. The van der Waals surface area contributed by atoms with Crippen LogP contribution in [0.4, 0.5) is 4.79 Å². The van der Waals surface area contributed by atoms with E-state index >= 15 is 0 Å². The van der Waals surface area contributed by atoms with Crippen LogP contribution in [0.15, 0.2) is 24.5 Å². The molecule has 1 aliphatic carbocycles. The van der Waals surface area contributed by atoms with Crippen LogP contribution in [0.1, 0.15) is 25.5 Å². The zero-order valence-corrected chi connectivity index (χ0v) is 11.9. The summed E-state index contributed by atoms with van der Waals surface area (Å²) in [7, 11) is 0. The summed E-state index contributed by atoms with van der Waals surface area (Å²) in [4.78, 5) is 16.2. The van der Waals surface area contributed by atoms with Gasteiger partial charge < -0.3 is 15.7 Å². The average molecular weight is 289 g/mol. The van der Waals surface area contributed by atoms with Gasteiger partial charge in [-0.15, -0.1) is 0 Å². The molecule has 2 aromatic heterocycles. The molecule has 1 unspecified atom stereocenters. The minimum Gasteiger partial charge on any atom is -0.394 e. The predicted molar refractivity (Wildman–Crippen MR) is 76.6 cm³/mol. The fourth-order valence-electron chi connectivity index (χ4n) is 2.49. The van der Waals surface area contributed by atoms with Crippen LogP contribution < -0.4 is 10.6 Å². The van der Waals surface area contributed by atoms with Crippen LogP contribution in [0, 0.1) is 5.92 Å². The zero-order valence-electron chi connectivity index (χ0n) is 11.9. The van der Waals surface area contributed by atoms with Gasteiger partial charge in [-0.3, -0.25) is 0 Å². The normalized spacial score (nSPS) is 17.4. The predicted octanol–water partition coefficient (Wildman–Crippen LogP) is 0.689. The van der Waals surface area contributed by atoms with Crippen molar-refractivity contribution in [2.75, 3.05) is 6.61 Å². The highest BCUT2D eigenvalue weighted by atomic mass is 16.3. The Hall–Kier alpha value is -2.15. The molecule has 1 aliphatic rings. The molecule has 7 nitrogen and oxygen atoms in total. The van der Waals surface area contributed by atoms with Gasteiger partial charge >= 0.3 is 6.03 Å². The molecule has 0 aromatic carbocycles. The third-order valence-electron chi connectivity index (χ3n) is 4.00. The van der Waals surface area contributed by atoms with Gasteiger partial charge in [0.05, 0.1) is 30.6 Å². The fourth-order valence-corrected chi connectivity index (χ4v) is 2.49. The van der Waals surface area contributed by atoms with E-state index < -0.39 is 5.54 Å². The molecule has 0 radical (unpaired) electrons. The smallest absolute Gasteiger partial charge is 0.315 e. The van der Waals surface area contributed by atoms with Gasteiger partial charge in [0.2, 0.25) is 0 Å². The van der Waals surface area contributed by atoms with Crippen molar-refractivity contribution in [3.05, 3.63) is 30.2 Å². The van der Waals surface area contributed by atoms with Crippen molar-refractivity contribution in [3.8, 4) is 0 Å². The van der Waals surface area contributed by atoms with Crippen molar-refractivity contribution >= 4 is 11.7 Å². The third-order valence-corrected chi connectivity index (χ3v) is 4.00. The van der Waals surface area contributed by atoms with Crippen molar-refractivity contribution in [1.82, 2.24) is 25.2 Å². The van der Waals surface area contributed by atoms with Crippen molar-refractivity contribution < 1.29 is 9.90 Å². The van der Waals surface area contributed by atoms with Gasteiger partial charge in [-0.2, -0.15) is 5.10 Å². The molecule has 3 rings (SSSR count). The Balaban J connectivity index is 1.62. The van der Waals surface area contributed by atoms with Crippen molar-refractivity contribution in [1.29, 1.82) is 0 Å². The van der Waals surface area contributed by atoms with Gasteiger partial charge in [-0.1, -0.05) is 0 Å². The summed E-state index contributed by atoms with van der Waals surface area (Å²) >= 11 is 0. The maximum atomic E-state index is 12.0. The minimum absolute atomic E-state index is 0.0518. The molecule has 7 heteroatoms. The van der Waals surface area contributed by atoms with Gasteiger partial charge in [-0.05, 0) is 31.7 Å². The Morgan fingerprint density at radius 3 is 3.00 bits per heavy atom. The summed E-state index contributed by atoms with van der Waals surface area (Å²) in [5.41, 5.74) is 1.05. The second-order valence-electron chi connectivity index (χ2n) is 5.69. The monoisotopic (exact) mass is 289 g/mol. The molecular formula is C14H19N5O2. The summed E-state index contributed by atoms with van der Waals surface area (Å²) in [5.74, 6) is 0.368. The topological polar surface area (TPSA) is 91.5 Å². The molecule has 2 heterocycles. The highest BCUT2D eigenvalue weighted by Gasteiger charge is 2.42. The molecule has 0 bridgehead atoms. The van der Waals surface area contributed by atoms with Gasteiger partial charge in [0.25, 0.3) is 0 Å². The van der Waals surface area contributed by atoms with E-state index in [2.05, 4.69) is 20.7 Å². The van der Waals surface area contributed by atoms with Crippen molar-refractivity contribution in [2.45, 2.75) is 31.8 Å². The van der Waals surface area contributed by atoms with Gasteiger partial charge in [0.15, 0.2) is 5.65 Å². The molecule has 3 N–H and O–H groups in total. The number of fused-ring (bicyclic) bond motifs is 1.